The number of para-hydroxylation sites is 1. The number of aromatic nitrogens is 1. The molecule has 0 saturated carbocycles. The Labute approximate surface area is 157 Å². The van der Waals surface area contributed by atoms with Crippen LogP contribution in [0.4, 0.5) is 4.79 Å². The van der Waals surface area contributed by atoms with E-state index in [4.69, 9.17) is 9.72 Å². The zero-order valence-corrected chi connectivity index (χ0v) is 15.6. The Hall–Kier alpha value is -2.96. The molecular weight excluding hydrogens is 346 g/mol. The van der Waals surface area contributed by atoms with Crippen molar-refractivity contribution in [3.05, 3.63) is 41.1 Å². The van der Waals surface area contributed by atoms with Crippen LogP contribution in [0.1, 0.15) is 41.9 Å². The standard InChI is InChI=1S/C20H23N3O4/c1-3-7-15-13(4-2)18(14-8-5-6-9-16(14)22-15)19(25)27-12-17(24)23-11-10-21-20(23)26/h5-6,8-9H,3-4,7,10-12H2,1-2H3,(H,21,26). The van der Waals surface area contributed by atoms with Crippen molar-refractivity contribution in [2.24, 2.45) is 0 Å². The molecule has 0 atom stereocenters. The molecule has 1 aliphatic heterocycles. The van der Waals surface area contributed by atoms with E-state index in [9.17, 15) is 14.4 Å². The highest BCUT2D eigenvalue weighted by molar-refractivity contribution is 6.06. The summed E-state index contributed by atoms with van der Waals surface area (Å²) < 4.78 is 5.30. The highest BCUT2D eigenvalue weighted by atomic mass is 16.5. The molecule has 0 aliphatic carbocycles. The lowest BCUT2D eigenvalue weighted by molar-refractivity contribution is -0.130. The highest BCUT2D eigenvalue weighted by Crippen LogP contribution is 2.26. The molecule has 0 spiro atoms. The van der Waals surface area contributed by atoms with Crippen molar-refractivity contribution >= 4 is 28.8 Å². The van der Waals surface area contributed by atoms with Crippen molar-refractivity contribution < 1.29 is 19.1 Å². The van der Waals surface area contributed by atoms with Crippen LogP contribution in [0, 0.1) is 0 Å². The van der Waals surface area contributed by atoms with Gasteiger partial charge in [-0.1, -0.05) is 38.5 Å². The smallest absolute Gasteiger partial charge is 0.339 e. The number of urea groups is 1. The summed E-state index contributed by atoms with van der Waals surface area (Å²) in [4.78, 5) is 42.4. The second kappa shape index (κ2) is 8.16. The summed E-state index contributed by atoms with van der Waals surface area (Å²) in [5.41, 5.74) is 2.93. The number of rotatable bonds is 6. The molecule has 1 aromatic carbocycles. The molecule has 3 amide bonds. The molecule has 2 aromatic rings. The van der Waals surface area contributed by atoms with Gasteiger partial charge in [0.05, 0.1) is 11.1 Å². The van der Waals surface area contributed by atoms with Gasteiger partial charge in [-0.15, -0.1) is 0 Å². The summed E-state index contributed by atoms with van der Waals surface area (Å²) in [6.07, 6.45) is 2.32. The van der Waals surface area contributed by atoms with E-state index in [2.05, 4.69) is 12.2 Å². The molecule has 1 N–H and O–H groups in total. The lowest BCUT2D eigenvalue weighted by Crippen LogP contribution is -2.37. The van der Waals surface area contributed by atoms with Crippen LogP contribution in [-0.2, 0) is 22.4 Å². The number of benzene rings is 1. The van der Waals surface area contributed by atoms with Crippen molar-refractivity contribution in [1.29, 1.82) is 0 Å². The first-order valence-electron chi connectivity index (χ1n) is 9.22. The number of imide groups is 1. The van der Waals surface area contributed by atoms with Crippen LogP contribution >= 0.6 is 0 Å². The minimum absolute atomic E-state index is 0.286. The summed E-state index contributed by atoms with van der Waals surface area (Å²) in [5.74, 6) is -1.08. The molecule has 3 rings (SSSR count). The molecule has 7 heteroatoms. The first-order valence-corrected chi connectivity index (χ1v) is 9.22. The topological polar surface area (TPSA) is 88.6 Å². The molecular formula is C20H23N3O4. The lowest BCUT2D eigenvalue weighted by Gasteiger charge is -2.16. The number of hydrogen-bond acceptors (Lipinski definition) is 5. The van der Waals surface area contributed by atoms with Crippen molar-refractivity contribution in [3.63, 3.8) is 0 Å². The van der Waals surface area contributed by atoms with Crippen LogP contribution in [0.3, 0.4) is 0 Å². The minimum Gasteiger partial charge on any atom is -0.452 e. The number of nitrogens with one attached hydrogen (secondary N) is 1. The summed E-state index contributed by atoms with van der Waals surface area (Å²) in [7, 11) is 0. The summed E-state index contributed by atoms with van der Waals surface area (Å²) in [6, 6.07) is 6.97. The number of ether oxygens (including phenoxy) is 1. The van der Waals surface area contributed by atoms with Gasteiger partial charge in [0.2, 0.25) is 0 Å². The lowest BCUT2D eigenvalue weighted by atomic mass is 9.96. The van der Waals surface area contributed by atoms with E-state index < -0.39 is 24.5 Å². The van der Waals surface area contributed by atoms with Gasteiger partial charge in [-0.3, -0.25) is 14.7 Å². The third-order valence-electron chi connectivity index (χ3n) is 4.61. The largest absolute Gasteiger partial charge is 0.452 e. The molecule has 0 radical (unpaired) electrons. The van der Waals surface area contributed by atoms with E-state index in [0.717, 1.165) is 34.5 Å². The van der Waals surface area contributed by atoms with E-state index >= 15 is 0 Å². The number of pyridine rings is 1. The molecule has 0 unspecified atom stereocenters. The maximum Gasteiger partial charge on any atom is 0.339 e. The predicted molar refractivity (Wildman–Crippen MR) is 101 cm³/mol. The Morgan fingerprint density at radius 1 is 1.26 bits per heavy atom. The minimum atomic E-state index is -0.559. The number of aryl methyl sites for hydroxylation is 1. The Balaban J connectivity index is 1.90. The molecule has 1 saturated heterocycles. The molecule has 2 heterocycles. The van der Waals surface area contributed by atoms with Crippen molar-refractivity contribution in [1.82, 2.24) is 15.2 Å². The van der Waals surface area contributed by atoms with Gasteiger partial charge in [0.25, 0.3) is 5.91 Å². The van der Waals surface area contributed by atoms with Crippen molar-refractivity contribution in [2.45, 2.75) is 33.1 Å². The second-order valence-electron chi connectivity index (χ2n) is 6.39. The Bertz CT molecular complexity index is 894. The number of fused-ring (bicyclic) bond motifs is 1. The van der Waals surface area contributed by atoms with Gasteiger partial charge in [0.1, 0.15) is 0 Å². The van der Waals surface area contributed by atoms with Gasteiger partial charge < -0.3 is 10.1 Å². The predicted octanol–water partition coefficient (Wildman–Crippen LogP) is 2.46. The van der Waals surface area contributed by atoms with E-state index in [1.807, 2.05) is 31.2 Å². The van der Waals surface area contributed by atoms with Crippen molar-refractivity contribution in [2.75, 3.05) is 19.7 Å². The number of carbonyl (C=O) groups is 3. The van der Waals surface area contributed by atoms with Crippen molar-refractivity contribution in [3.8, 4) is 0 Å². The van der Waals surface area contributed by atoms with Gasteiger partial charge >= 0.3 is 12.0 Å². The summed E-state index contributed by atoms with van der Waals surface area (Å²) in [5, 5.41) is 3.26. The Morgan fingerprint density at radius 2 is 2.04 bits per heavy atom. The fourth-order valence-corrected chi connectivity index (χ4v) is 3.35. The van der Waals surface area contributed by atoms with Crippen LogP contribution in [-0.4, -0.2) is 47.5 Å². The van der Waals surface area contributed by atoms with E-state index in [1.165, 1.54) is 0 Å². The van der Waals surface area contributed by atoms with Crippen LogP contribution in [0.5, 0.6) is 0 Å². The normalized spacial score (nSPS) is 13.7. The first-order chi connectivity index (χ1) is 13.1. The Kier molecular flexibility index (Phi) is 5.69. The maximum absolute atomic E-state index is 12.9. The average molecular weight is 369 g/mol. The van der Waals surface area contributed by atoms with Gasteiger partial charge in [0, 0.05) is 24.2 Å². The molecule has 1 aliphatic rings. The number of carbonyl (C=O) groups excluding carboxylic acids is 3. The van der Waals surface area contributed by atoms with Gasteiger partial charge in [0.15, 0.2) is 6.61 Å². The average Bonchev–Trinajstić information content (AvgIpc) is 3.11. The highest BCUT2D eigenvalue weighted by Gasteiger charge is 2.28. The molecule has 7 nitrogen and oxygen atoms in total. The maximum atomic E-state index is 12.9. The van der Waals surface area contributed by atoms with Gasteiger partial charge in [-0.05, 0) is 24.5 Å². The molecule has 1 fully saturated rings. The zero-order valence-electron chi connectivity index (χ0n) is 15.6. The monoisotopic (exact) mass is 369 g/mol. The third-order valence-corrected chi connectivity index (χ3v) is 4.61. The number of esters is 1. The quantitative estimate of drug-likeness (QED) is 0.790. The first kappa shape index (κ1) is 18.8. The van der Waals surface area contributed by atoms with Gasteiger partial charge in [-0.2, -0.15) is 0 Å². The summed E-state index contributed by atoms with van der Waals surface area (Å²) >= 11 is 0. The number of nitrogens with zero attached hydrogens (tertiary/aromatic N) is 2. The Morgan fingerprint density at radius 3 is 2.70 bits per heavy atom. The van der Waals surface area contributed by atoms with Gasteiger partial charge in [-0.25, -0.2) is 9.59 Å². The zero-order chi connectivity index (χ0) is 19.4. The van der Waals surface area contributed by atoms with Crippen LogP contribution < -0.4 is 5.32 Å². The van der Waals surface area contributed by atoms with E-state index in [-0.39, 0.29) is 6.54 Å². The SMILES string of the molecule is CCCc1nc2ccccc2c(C(=O)OCC(=O)N2CCNC2=O)c1CC. The third kappa shape index (κ3) is 3.77. The van der Waals surface area contributed by atoms with E-state index in [0.29, 0.717) is 23.9 Å². The number of hydrogen-bond donors (Lipinski definition) is 1. The fourth-order valence-electron chi connectivity index (χ4n) is 3.35. The summed E-state index contributed by atoms with van der Waals surface area (Å²) in [6.45, 7) is 4.27. The second-order valence-corrected chi connectivity index (χ2v) is 6.39. The van der Waals surface area contributed by atoms with Crippen LogP contribution in [0.2, 0.25) is 0 Å². The van der Waals surface area contributed by atoms with Crippen LogP contribution in [0.15, 0.2) is 24.3 Å². The molecule has 142 valence electrons. The number of amides is 3. The fraction of sp³-hybridized carbons (Fsp3) is 0.400. The molecule has 0 bridgehead atoms. The van der Waals surface area contributed by atoms with E-state index in [1.54, 1.807) is 0 Å². The molecule has 27 heavy (non-hydrogen) atoms. The molecule has 1 aromatic heterocycles. The van der Waals surface area contributed by atoms with Crippen LogP contribution in [0.25, 0.3) is 10.9 Å².